The van der Waals surface area contributed by atoms with Gasteiger partial charge in [-0.05, 0) is 77.6 Å². The van der Waals surface area contributed by atoms with Gasteiger partial charge < -0.3 is 0 Å². The molecule has 15 heavy (non-hydrogen) atoms. The molecule has 0 radical (unpaired) electrons. The fourth-order valence-electron chi connectivity index (χ4n) is 1.58. The Labute approximate surface area is 117 Å². The smallest absolute Gasteiger partial charge is 0.0130 e. The highest BCUT2D eigenvalue weighted by atomic mass is 127. The van der Waals surface area contributed by atoms with Crippen molar-refractivity contribution in [3.63, 3.8) is 0 Å². The van der Waals surface area contributed by atoms with Crippen molar-refractivity contribution in [3.05, 3.63) is 61.3 Å². The van der Waals surface area contributed by atoms with Gasteiger partial charge in [-0.1, -0.05) is 30.9 Å². The predicted octanol–water partition coefficient (Wildman–Crippen LogP) is 4.95. The summed E-state index contributed by atoms with van der Waals surface area (Å²) in [6.45, 7) is 4.13. The normalized spacial score (nSPS) is 16.0. The topological polar surface area (TPSA) is 0 Å². The van der Waals surface area contributed by atoms with Crippen LogP contribution in [0.1, 0.15) is 12.0 Å². The maximum absolute atomic E-state index is 4.13. The van der Waals surface area contributed by atoms with Crippen LogP contribution in [0.25, 0.3) is 5.57 Å². The van der Waals surface area contributed by atoms with Crippen molar-refractivity contribution in [1.29, 1.82) is 0 Å². The third-order valence-electron chi connectivity index (χ3n) is 2.35. The molecule has 0 amide bonds. The number of rotatable bonds is 1. The lowest BCUT2D eigenvalue weighted by Crippen LogP contribution is -1.93. The Bertz CT molecular complexity index is 450. The molecule has 0 N–H and O–H groups in total. The summed E-state index contributed by atoms with van der Waals surface area (Å²) in [7, 11) is 0. The highest BCUT2D eigenvalue weighted by Gasteiger charge is 2.10. The van der Waals surface area contributed by atoms with Gasteiger partial charge in [-0.15, -0.1) is 0 Å². The third kappa shape index (κ3) is 2.72. The van der Waals surface area contributed by atoms with Crippen LogP contribution in [0.5, 0.6) is 0 Å². The molecular weight excluding hydrogens is 410 g/mol. The van der Waals surface area contributed by atoms with E-state index in [1.807, 2.05) is 0 Å². The van der Waals surface area contributed by atoms with Crippen LogP contribution < -0.4 is 0 Å². The van der Waals surface area contributed by atoms with Gasteiger partial charge in [-0.25, -0.2) is 0 Å². The third-order valence-corrected chi connectivity index (χ3v) is 3.81. The minimum absolute atomic E-state index is 0.985. The van der Waals surface area contributed by atoms with Gasteiger partial charge >= 0.3 is 0 Å². The van der Waals surface area contributed by atoms with Crippen LogP contribution in [-0.4, -0.2) is 0 Å². The fourth-order valence-corrected chi connectivity index (χ4v) is 2.58. The molecule has 0 heterocycles. The maximum Gasteiger partial charge on any atom is 0.0130 e. The minimum Gasteiger partial charge on any atom is -0.0949 e. The number of benzene rings is 1. The quantitative estimate of drug-likeness (QED) is 0.565. The summed E-state index contributed by atoms with van der Waals surface area (Å²) in [5.74, 6) is 0. The van der Waals surface area contributed by atoms with Crippen LogP contribution in [0.2, 0.25) is 0 Å². The summed E-state index contributed by atoms with van der Waals surface area (Å²) in [5, 5.41) is 0. The second kappa shape index (κ2) is 4.82. The van der Waals surface area contributed by atoms with Crippen molar-refractivity contribution in [2.24, 2.45) is 0 Å². The van der Waals surface area contributed by atoms with Crippen molar-refractivity contribution in [1.82, 2.24) is 0 Å². The monoisotopic (exact) mass is 420 g/mol. The highest BCUT2D eigenvalue weighted by Crippen LogP contribution is 2.33. The standard InChI is InChI=1S/C13H10I2/c1-9-8-12(15)6-7-13(9)10-2-4-11(14)5-3-10/h2-7H,1,8H2. The number of halogens is 2. The molecule has 2 rings (SSSR count). The van der Waals surface area contributed by atoms with Gasteiger partial charge in [0.05, 0.1) is 0 Å². The van der Waals surface area contributed by atoms with E-state index < -0.39 is 0 Å². The Balaban J connectivity index is 2.39. The van der Waals surface area contributed by atoms with Gasteiger partial charge in [0.15, 0.2) is 0 Å². The van der Waals surface area contributed by atoms with E-state index in [0.717, 1.165) is 6.42 Å². The van der Waals surface area contributed by atoms with Crippen LogP contribution in [-0.2, 0) is 0 Å². The molecule has 0 unspecified atom stereocenters. The van der Waals surface area contributed by atoms with Crippen LogP contribution in [0.4, 0.5) is 0 Å². The fraction of sp³-hybridized carbons (Fsp3) is 0.0769. The van der Waals surface area contributed by atoms with Gasteiger partial charge in [-0.2, -0.15) is 0 Å². The Hall–Kier alpha value is -0.100. The van der Waals surface area contributed by atoms with Crippen LogP contribution in [0.3, 0.4) is 0 Å². The first kappa shape index (κ1) is 11.4. The SMILES string of the molecule is C=C1CC(I)=CC=C1c1ccc(I)cc1. The van der Waals surface area contributed by atoms with Gasteiger partial charge in [0.25, 0.3) is 0 Å². The molecule has 1 aliphatic rings. The summed E-state index contributed by atoms with van der Waals surface area (Å²) >= 11 is 4.68. The van der Waals surface area contributed by atoms with Gasteiger partial charge in [0.1, 0.15) is 0 Å². The molecule has 1 aromatic rings. The van der Waals surface area contributed by atoms with Gasteiger partial charge in [0, 0.05) is 9.99 Å². The zero-order chi connectivity index (χ0) is 10.8. The molecule has 76 valence electrons. The lowest BCUT2D eigenvalue weighted by Gasteiger charge is -2.14. The van der Waals surface area contributed by atoms with E-state index in [0.29, 0.717) is 0 Å². The molecule has 1 aliphatic carbocycles. The summed E-state index contributed by atoms with van der Waals surface area (Å²) in [6, 6.07) is 8.58. The summed E-state index contributed by atoms with van der Waals surface area (Å²) in [6.07, 6.45) is 5.32. The van der Waals surface area contributed by atoms with E-state index in [1.165, 1.54) is 23.9 Å². The molecule has 0 nitrogen and oxygen atoms in total. The minimum atomic E-state index is 0.985. The molecule has 0 atom stereocenters. The Morgan fingerprint density at radius 3 is 2.27 bits per heavy atom. The molecule has 0 spiro atoms. The van der Waals surface area contributed by atoms with Crippen LogP contribution in [0.15, 0.2) is 52.1 Å². The number of hydrogen-bond donors (Lipinski definition) is 0. The van der Waals surface area contributed by atoms with E-state index in [1.54, 1.807) is 0 Å². The Morgan fingerprint density at radius 2 is 1.67 bits per heavy atom. The molecule has 0 saturated heterocycles. The predicted molar refractivity (Wildman–Crippen MR) is 83.0 cm³/mol. The maximum atomic E-state index is 4.13. The lowest BCUT2D eigenvalue weighted by molar-refractivity contribution is 1.27. The second-order valence-corrected chi connectivity index (χ2v) is 6.11. The van der Waals surface area contributed by atoms with Crippen LogP contribution in [0, 0.1) is 3.57 Å². The zero-order valence-corrected chi connectivity index (χ0v) is 12.4. The summed E-state index contributed by atoms with van der Waals surface area (Å²) in [4.78, 5) is 0. The first-order chi connectivity index (χ1) is 7.16. The molecule has 0 bridgehead atoms. The highest BCUT2D eigenvalue weighted by molar-refractivity contribution is 14.1. The van der Waals surface area contributed by atoms with Crippen molar-refractivity contribution in [3.8, 4) is 0 Å². The van der Waals surface area contributed by atoms with E-state index in [4.69, 9.17) is 0 Å². The molecule has 0 aromatic heterocycles. The van der Waals surface area contributed by atoms with Gasteiger partial charge in [-0.3, -0.25) is 0 Å². The number of allylic oxidation sites excluding steroid dienone is 5. The largest absolute Gasteiger partial charge is 0.0949 e. The Morgan fingerprint density at radius 1 is 1.00 bits per heavy atom. The molecular formula is C13H10I2. The zero-order valence-electron chi connectivity index (χ0n) is 8.13. The number of hydrogen-bond acceptors (Lipinski definition) is 0. The van der Waals surface area contributed by atoms with E-state index in [2.05, 4.69) is 88.2 Å². The second-order valence-electron chi connectivity index (χ2n) is 3.48. The summed E-state index contributed by atoms with van der Waals surface area (Å²) in [5.41, 5.74) is 3.75. The van der Waals surface area contributed by atoms with Crippen molar-refractivity contribution in [2.45, 2.75) is 6.42 Å². The Kier molecular flexibility index (Phi) is 3.66. The van der Waals surface area contributed by atoms with E-state index >= 15 is 0 Å². The first-order valence-electron chi connectivity index (χ1n) is 4.67. The van der Waals surface area contributed by atoms with Crippen LogP contribution >= 0.6 is 45.2 Å². The molecule has 0 aliphatic heterocycles. The molecule has 0 fully saturated rings. The van der Waals surface area contributed by atoms with Gasteiger partial charge in [0.2, 0.25) is 0 Å². The average Bonchev–Trinajstić information content (AvgIpc) is 2.20. The van der Waals surface area contributed by atoms with Crippen molar-refractivity contribution < 1.29 is 0 Å². The first-order valence-corrected chi connectivity index (χ1v) is 6.83. The average molecular weight is 420 g/mol. The molecule has 1 aromatic carbocycles. The summed E-state index contributed by atoms with van der Waals surface area (Å²) < 4.78 is 2.62. The molecule has 2 heteroatoms. The van der Waals surface area contributed by atoms with Crippen molar-refractivity contribution >= 4 is 50.8 Å². The van der Waals surface area contributed by atoms with Crippen molar-refractivity contribution in [2.75, 3.05) is 0 Å². The molecule has 0 saturated carbocycles. The van der Waals surface area contributed by atoms with E-state index in [9.17, 15) is 0 Å². The lowest BCUT2D eigenvalue weighted by atomic mass is 9.93. The van der Waals surface area contributed by atoms with E-state index in [-0.39, 0.29) is 0 Å².